The minimum Gasteiger partial charge on any atom is -0.870 e. The minimum atomic E-state index is -0.709. The van der Waals surface area contributed by atoms with Crippen LogP contribution in [0.2, 0.25) is 0 Å². The summed E-state index contributed by atoms with van der Waals surface area (Å²) in [5.41, 5.74) is 3.07. The zero-order valence-electron chi connectivity index (χ0n) is 15.7. The van der Waals surface area contributed by atoms with Gasteiger partial charge < -0.3 is 10.6 Å². The molecule has 0 unspecified atom stereocenters. The van der Waals surface area contributed by atoms with Crippen LogP contribution < -0.4 is 18.9 Å². The molecule has 0 bridgehead atoms. The third kappa shape index (κ3) is 4.41. The third-order valence-electron chi connectivity index (χ3n) is 5.20. The third-order valence-corrected chi connectivity index (χ3v) is 5.20. The molecule has 1 aromatic carbocycles. The van der Waals surface area contributed by atoms with Crippen molar-refractivity contribution in [3.63, 3.8) is 0 Å². The standard InChI is InChI=1S/C21H19FN2O2.Li.H2O/c22-17-5-1-3-15(11-17)20-19-16(4-2-10-23-19)12-18(24-20)13-6-8-14(9-7-13)21(25)26;;/h1-5,10-14H,6-9H2,(H,25,26);;1H2/q;+1;/p-1. The zero-order valence-corrected chi connectivity index (χ0v) is 15.7. The Labute approximate surface area is 174 Å². The maximum absolute atomic E-state index is 13.7. The van der Waals surface area contributed by atoms with Crippen LogP contribution in [0.5, 0.6) is 0 Å². The number of aliphatic carboxylic acids is 1. The Balaban J connectivity index is 0.00000140. The molecule has 1 aliphatic carbocycles. The first kappa shape index (κ1) is 22.0. The summed E-state index contributed by atoms with van der Waals surface area (Å²) in [6.07, 6.45) is 4.66. The van der Waals surface area contributed by atoms with Gasteiger partial charge in [0.05, 0.1) is 17.1 Å². The Kier molecular flexibility index (Phi) is 7.31. The van der Waals surface area contributed by atoms with Crippen LogP contribution in [0.4, 0.5) is 4.39 Å². The van der Waals surface area contributed by atoms with Crippen molar-refractivity contribution in [2.45, 2.75) is 31.6 Å². The normalized spacial score (nSPS) is 18.8. The molecule has 2 aromatic heterocycles. The van der Waals surface area contributed by atoms with Gasteiger partial charge >= 0.3 is 24.8 Å². The number of carbonyl (C=O) groups is 1. The van der Waals surface area contributed by atoms with E-state index >= 15 is 0 Å². The second kappa shape index (κ2) is 9.29. The molecule has 2 heterocycles. The van der Waals surface area contributed by atoms with Gasteiger partial charge in [0.2, 0.25) is 0 Å². The van der Waals surface area contributed by atoms with Gasteiger partial charge in [0.15, 0.2) is 0 Å². The number of halogens is 1. The molecular formula is C21H20FLiN2O3. The molecule has 140 valence electrons. The van der Waals surface area contributed by atoms with Gasteiger partial charge in [-0.3, -0.25) is 14.8 Å². The first-order valence-corrected chi connectivity index (χ1v) is 8.86. The number of rotatable bonds is 3. The average Bonchev–Trinajstić information content (AvgIpc) is 2.67. The van der Waals surface area contributed by atoms with Crippen molar-refractivity contribution in [2.24, 2.45) is 5.92 Å². The Morgan fingerprint density at radius 3 is 2.50 bits per heavy atom. The SMILES string of the molecule is O=C(O)C1CCC(c2cc3cccnc3c(-c3cccc(F)c3)n2)CC1.[Li+].[OH-]. The molecule has 5 nitrogen and oxygen atoms in total. The van der Waals surface area contributed by atoms with Crippen LogP contribution >= 0.6 is 0 Å². The van der Waals surface area contributed by atoms with Gasteiger partial charge in [0, 0.05) is 28.8 Å². The predicted octanol–water partition coefficient (Wildman–Crippen LogP) is 1.62. The number of hydrogen-bond acceptors (Lipinski definition) is 4. The van der Waals surface area contributed by atoms with Crippen LogP contribution in [0, 0.1) is 11.7 Å². The summed E-state index contributed by atoms with van der Waals surface area (Å²) in [5.74, 6) is -1.04. The molecule has 0 atom stereocenters. The van der Waals surface area contributed by atoms with Gasteiger partial charge in [0.25, 0.3) is 0 Å². The summed E-state index contributed by atoms with van der Waals surface area (Å²) >= 11 is 0. The van der Waals surface area contributed by atoms with E-state index in [1.807, 2.05) is 24.3 Å². The molecule has 2 N–H and O–H groups in total. The minimum absolute atomic E-state index is 0. The van der Waals surface area contributed by atoms with E-state index in [2.05, 4.69) is 4.98 Å². The average molecular weight is 374 g/mol. The first-order chi connectivity index (χ1) is 12.6. The molecule has 1 fully saturated rings. The van der Waals surface area contributed by atoms with Gasteiger partial charge in [-0.15, -0.1) is 0 Å². The van der Waals surface area contributed by atoms with E-state index in [0.29, 0.717) is 24.1 Å². The second-order valence-electron chi connectivity index (χ2n) is 6.87. The van der Waals surface area contributed by atoms with Crippen LogP contribution in [0.1, 0.15) is 37.3 Å². The van der Waals surface area contributed by atoms with Gasteiger partial charge in [-0.1, -0.05) is 18.2 Å². The predicted molar refractivity (Wildman–Crippen MR) is 99.2 cm³/mol. The molecule has 1 aliphatic rings. The monoisotopic (exact) mass is 374 g/mol. The summed E-state index contributed by atoms with van der Waals surface area (Å²) in [4.78, 5) is 20.5. The number of benzene rings is 1. The molecular weight excluding hydrogens is 354 g/mol. The van der Waals surface area contributed by atoms with E-state index in [-0.39, 0.29) is 42.0 Å². The Morgan fingerprint density at radius 1 is 1.07 bits per heavy atom. The fraction of sp³-hybridized carbons (Fsp3) is 0.286. The van der Waals surface area contributed by atoms with Crippen LogP contribution in [0.3, 0.4) is 0 Å². The van der Waals surface area contributed by atoms with Gasteiger partial charge in [0.1, 0.15) is 5.82 Å². The Hall–Kier alpha value is -2.26. The second-order valence-corrected chi connectivity index (χ2v) is 6.87. The smallest absolute Gasteiger partial charge is 0.870 e. The Morgan fingerprint density at radius 2 is 1.82 bits per heavy atom. The summed E-state index contributed by atoms with van der Waals surface area (Å²) in [5, 5.41) is 10.2. The largest absolute Gasteiger partial charge is 1.00 e. The van der Waals surface area contributed by atoms with Crippen molar-refractivity contribution < 1.29 is 38.6 Å². The van der Waals surface area contributed by atoms with Crippen molar-refractivity contribution in [1.82, 2.24) is 9.97 Å². The summed E-state index contributed by atoms with van der Waals surface area (Å²) in [6.45, 7) is 0. The van der Waals surface area contributed by atoms with Gasteiger partial charge in [-0.05, 0) is 49.9 Å². The molecule has 28 heavy (non-hydrogen) atoms. The number of carboxylic acid groups (broad SMARTS) is 1. The zero-order chi connectivity index (χ0) is 18.1. The van der Waals surface area contributed by atoms with Crippen molar-refractivity contribution in [3.8, 4) is 11.3 Å². The number of fused-ring (bicyclic) bond motifs is 1. The van der Waals surface area contributed by atoms with E-state index in [1.165, 1.54) is 12.1 Å². The van der Waals surface area contributed by atoms with Crippen LogP contribution in [0.15, 0.2) is 48.7 Å². The van der Waals surface area contributed by atoms with E-state index in [4.69, 9.17) is 4.98 Å². The number of carboxylic acids is 1. The van der Waals surface area contributed by atoms with Crippen LogP contribution in [-0.2, 0) is 4.79 Å². The van der Waals surface area contributed by atoms with E-state index in [1.54, 1.807) is 12.3 Å². The van der Waals surface area contributed by atoms with Gasteiger partial charge in [-0.25, -0.2) is 4.39 Å². The quantitative estimate of drug-likeness (QED) is 0.704. The summed E-state index contributed by atoms with van der Waals surface area (Å²) in [7, 11) is 0. The number of hydrogen-bond donors (Lipinski definition) is 1. The molecule has 0 spiro atoms. The molecule has 0 aliphatic heterocycles. The molecule has 7 heteroatoms. The molecule has 4 rings (SSSR count). The maximum atomic E-state index is 13.7. The van der Waals surface area contributed by atoms with E-state index < -0.39 is 5.97 Å². The van der Waals surface area contributed by atoms with Gasteiger partial charge in [-0.2, -0.15) is 0 Å². The Bertz CT molecular complexity index is 975. The molecule has 0 amide bonds. The molecule has 1 saturated carbocycles. The number of pyridine rings is 2. The number of aromatic nitrogens is 2. The topological polar surface area (TPSA) is 93.1 Å². The maximum Gasteiger partial charge on any atom is 1.00 e. The van der Waals surface area contributed by atoms with E-state index in [9.17, 15) is 14.3 Å². The summed E-state index contributed by atoms with van der Waals surface area (Å²) in [6, 6.07) is 12.3. The van der Waals surface area contributed by atoms with Crippen molar-refractivity contribution in [1.29, 1.82) is 0 Å². The molecule has 3 aromatic rings. The number of nitrogens with zero attached hydrogens (tertiary/aromatic N) is 2. The van der Waals surface area contributed by atoms with Crippen molar-refractivity contribution >= 4 is 16.9 Å². The first-order valence-electron chi connectivity index (χ1n) is 8.86. The summed E-state index contributed by atoms with van der Waals surface area (Å²) < 4.78 is 13.7. The van der Waals surface area contributed by atoms with Crippen LogP contribution in [0.25, 0.3) is 22.2 Å². The fourth-order valence-corrected chi connectivity index (χ4v) is 3.79. The van der Waals surface area contributed by atoms with Crippen LogP contribution in [-0.4, -0.2) is 26.5 Å². The molecule has 0 radical (unpaired) electrons. The van der Waals surface area contributed by atoms with Crippen molar-refractivity contribution in [2.75, 3.05) is 0 Å². The molecule has 0 saturated heterocycles. The van der Waals surface area contributed by atoms with Crippen molar-refractivity contribution in [3.05, 3.63) is 60.2 Å². The van der Waals surface area contributed by atoms with E-state index in [0.717, 1.165) is 29.4 Å². The fourth-order valence-electron chi connectivity index (χ4n) is 3.79.